The number of rotatable bonds is 4. The van der Waals surface area contributed by atoms with Crippen LogP contribution in [-0.4, -0.2) is 49.2 Å². The van der Waals surface area contributed by atoms with Gasteiger partial charge in [0.25, 0.3) is 0 Å². The first kappa shape index (κ1) is 19.3. The van der Waals surface area contributed by atoms with E-state index in [1.54, 1.807) is 0 Å². The van der Waals surface area contributed by atoms with Crippen molar-refractivity contribution in [3.63, 3.8) is 0 Å². The van der Waals surface area contributed by atoms with Gasteiger partial charge in [-0.25, -0.2) is 4.98 Å². The molecule has 2 aliphatic rings. The van der Waals surface area contributed by atoms with Gasteiger partial charge in [0.2, 0.25) is 5.91 Å². The van der Waals surface area contributed by atoms with Crippen LogP contribution in [0.1, 0.15) is 55.8 Å². The summed E-state index contributed by atoms with van der Waals surface area (Å²) in [7, 11) is 0. The largest absolute Gasteiger partial charge is 0.342 e. The Balaban J connectivity index is 1.46. The van der Waals surface area contributed by atoms with E-state index in [9.17, 15) is 4.79 Å². The van der Waals surface area contributed by atoms with E-state index in [0.29, 0.717) is 5.75 Å². The van der Waals surface area contributed by atoms with E-state index in [-0.39, 0.29) is 5.91 Å². The highest BCUT2D eigenvalue weighted by Gasteiger charge is 2.24. The molecule has 0 bridgehead atoms. The number of thiophene rings is 1. The minimum atomic E-state index is 0.207. The van der Waals surface area contributed by atoms with E-state index in [4.69, 9.17) is 4.98 Å². The normalized spacial score (nSPS) is 17.9. The van der Waals surface area contributed by atoms with Crippen molar-refractivity contribution in [2.24, 2.45) is 5.92 Å². The van der Waals surface area contributed by atoms with Crippen LogP contribution in [0.25, 0.3) is 15.9 Å². The summed E-state index contributed by atoms with van der Waals surface area (Å²) in [6.45, 7) is 6.15. The Labute approximate surface area is 179 Å². The third kappa shape index (κ3) is 3.44. The minimum Gasteiger partial charge on any atom is -0.342 e. The van der Waals surface area contributed by atoms with Gasteiger partial charge in [0, 0.05) is 24.4 Å². The summed E-state index contributed by atoms with van der Waals surface area (Å²) in [5.74, 6) is 2.33. The predicted molar refractivity (Wildman–Crippen MR) is 118 cm³/mol. The van der Waals surface area contributed by atoms with Gasteiger partial charge in [0.15, 0.2) is 10.8 Å². The number of aromatic nitrogens is 4. The standard InChI is InChI=1S/C21H27N5OS2/c1-3-16-22-20-18(14-6-4-5-7-15(14)29-20)19-23-24-21(26(16)19)28-12-17(27)25-10-8-13(2)9-11-25/h13H,3-12H2,1-2H3. The van der Waals surface area contributed by atoms with Gasteiger partial charge in [-0.2, -0.15) is 0 Å². The Kier molecular flexibility index (Phi) is 5.24. The average molecular weight is 430 g/mol. The lowest BCUT2D eigenvalue weighted by molar-refractivity contribution is -0.129. The van der Waals surface area contributed by atoms with Crippen LogP contribution in [0.15, 0.2) is 5.16 Å². The molecule has 0 atom stereocenters. The molecule has 1 aliphatic heterocycles. The Hall–Kier alpha value is -1.67. The molecule has 1 fully saturated rings. The molecule has 0 radical (unpaired) electrons. The summed E-state index contributed by atoms with van der Waals surface area (Å²) >= 11 is 3.33. The lowest BCUT2D eigenvalue weighted by Crippen LogP contribution is -2.38. The summed E-state index contributed by atoms with van der Waals surface area (Å²) in [5.41, 5.74) is 2.35. The highest BCUT2D eigenvalue weighted by atomic mass is 32.2. The molecule has 29 heavy (non-hydrogen) atoms. The lowest BCUT2D eigenvalue weighted by atomic mass is 9.97. The second-order valence-electron chi connectivity index (χ2n) is 8.27. The molecule has 0 N–H and O–H groups in total. The van der Waals surface area contributed by atoms with Crippen molar-refractivity contribution >= 4 is 44.9 Å². The van der Waals surface area contributed by atoms with Crippen molar-refractivity contribution in [3.8, 4) is 0 Å². The van der Waals surface area contributed by atoms with Crippen LogP contribution in [0.2, 0.25) is 0 Å². The molecule has 8 heteroatoms. The molecule has 0 saturated carbocycles. The molecule has 1 saturated heterocycles. The summed E-state index contributed by atoms with van der Waals surface area (Å²) < 4.78 is 2.10. The molecule has 1 aliphatic carbocycles. The molecule has 0 spiro atoms. The molecular weight excluding hydrogens is 402 g/mol. The quantitative estimate of drug-likeness (QED) is 0.584. The topological polar surface area (TPSA) is 63.4 Å². The number of hydrogen-bond donors (Lipinski definition) is 0. The Morgan fingerprint density at radius 1 is 1.21 bits per heavy atom. The third-order valence-corrected chi connectivity index (χ3v) is 8.38. The van der Waals surface area contributed by atoms with E-state index in [1.807, 2.05) is 16.2 Å². The molecule has 4 heterocycles. The number of likely N-dealkylation sites (tertiary alicyclic amines) is 1. The van der Waals surface area contributed by atoms with Crippen LogP contribution in [0.5, 0.6) is 0 Å². The fraction of sp³-hybridized carbons (Fsp3) is 0.619. The van der Waals surface area contributed by atoms with Crippen LogP contribution >= 0.6 is 23.1 Å². The predicted octanol–water partition coefficient (Wildman–Crippen LogP) is 4.13. The fourth-order valence-corrected chi connectivity index (χ4v) is 6.63. The molecular formula is C21H27N5OS2. The van der Waals surface area contributed by atoms with E-state index in [0.717, 1.165) is 72.6 Å². The average Bonchev–Trinajstić information content (AvgIpc) is 3.32. The Bertz CT molecular complexity index is 1060. The number of hydrogen-bond acceptors (Lipinski definition) is 6. The molecule has 5 rings (SSSR count). The number of piperidine rings is 1. The third-order valence-electron chi connectivity index (χ3n) is 6.28. The van der Waals surface area contributed by atoms with Gasteiger partial charge < -0.3 is 4.90 Å². The number of thioether (sulfide) groups is 1. The smallest absolute Gasteiger partial charge is 0.233 e. The fourth-order valence-electron chi connectivity index (χ4n) is 4.50. The van der Waals surface area contributed by atoms with Crippen molar-refractivity contribution in [2.45, 2.75) is 63.9 Å². The number of aryl methyl sites for hydroxylation is 3. The maximum Gasteiger partial charge on any atom is 0.233 e. The van der Waals surface area contributed by atoms with Gasteiger partial charge in [0.05, 0.1) is 11.1 Å². The maximum atomic E-state index is 12.7. The van der Waals surface area contributed by atoms with Gasteiger partial charge in [-0.3, -0.25) is 9.20 Å². The molecule has 6 nitrogen and oxygen atoms in total. The number of fused-ring (bicyclic) bond motifs is 5. The van der Waals surface area contributed by atoms with Crippen LogP contribution < -0.4 is 0 Å². The van der Waals surface area contributed by atoms with Gasteiger partial charge in [-0.15, -0.1) is 21.5 Å². The summed E-state index contributed by atoms with van der Waals surface area (Å²) in [4.78, 5) is 22.2. The second kappa shape index (κ2) is 7.87. The Morgan fingerprint density at radius 3 is 2.79 bits per heavy atom. The molecule has 3 aromatic rings. The first-order valence-corrected chi connectivity index (χ1v) is 12.5. The van der Waals surface area contributed by atoms with Crippen molar-refractivity contribution < 1.29 is 4.79 Å². The van der Waals surface area contributed by atoms with Crippen LogP contribution in [0, 0.1) is 5.92 Å². The zero-order chi connectivity index (χ0) is 20.0. The number of nitrogens with zero attached hydrogens (tertiary/aromatic N) is 5. The van der Waals surface area contributed by atoms with Crippen LogP contribution in [0.4, 0.5) is 0 Å². The molecule has 0 aromatic carbocycles. The van der Waals surface area contributed by atoms with E-state index in [2.05, 4.69) is 28.4 Å². The highest BCUT2D eigenvalue weighted by Crippen LogP contribution is 2.38. The molecule has 0 unspecified atom stereocenters. The van der Waals surface area contributed by atoms with Crippen molar-refractivity contribution in [2.75, 3.05) is 18.8 Å². The van der Waals surface area contributed by atoms with Gasteiger partial charge in [-0.05, 0) is 50.0 Å². The van der Waals surface area contributed by atoms with Crippen molar-refractivity contribution in [1.82, 2.24) is 24.5 Å². The zero-order valence-corrected chi connectivity index (χ0v) is 18.7. The van der Waals surface area contributed by atoms with E-state index >= 15 is 0 Å². The molecule has 154 valence electrons. The van der Waals surface area contributed by atoms with Crippen molar-refractivity contribution in [3.05, 3.63) is 16.3 Å². The first-order chi connectivity index (χ1) is 14.2. The minimum absolute atomic E-state index is 0.207. The van der Waals surface area contributed by atoms with E-state index in [1.165, 1.54) is 40.4 Å². The number of carbonyl (C=O) groups is 1. The van der Waals surface area contributed by atoms with Gasteiger partial charge >= 0.3 is 0 Å². The van der Waals surface area contributed by atoms with Crippen LogP contribution in [0.3, 0.4) is 0 Å². The maximum absolute atomic E-state index is 12.7. The first-order valence-electron chi connectivity index (χ1n) is 10.7. The lowest BCUT2D eigenvalue weighted by Gasteiger charge is -2.30. The zero-order valence-electron chi connectivity index (χ0n) is 17.1. The van der Waals surface area contributed by atoms with Gasteiger partial charge in [-0.1, -0.05) is 25.6 Å². The van der Waals surface area contributed by atoms with Gasteiger partial charge in [0.1, 0.15) is 10.7 Å². The number of amides is 1. The van der Waals surface area contributed by atoms with E-state index < -0.39 is 0 Å². The summed E-state index contributed by atoms with van der Waals surface area (Å²) in [6, 6.07) is 0. The summed E-state index contributed by atoms with van der Waals surface area (Å²) in [6.07, 6.45) is 7.80. The second-order valence-corrected chi connectivity index (χ2v) is 10.3. The molecule has 3 aromatic heterocycles. The Morgan fingerprint density at radius 2 is 2.00 bits per heavy atom. The number of carbonyl (C=O) groups excluding carboxylic acids is 1. The summed E-state index contributed by atoms with van der Waals surface area (Å²) in [5, 5.41) is 11.0. The highest BCUT2D eigenvalue weighted by molar-refractivity contribution is 7.99. The SMILES string of the molecule is CCc1nc2sc3c(c2c2nnc(SCC(=O)N4CCC(C)CC4)n12)CCCC3. The molecule has 1 amide bonds. The van der Waals surface area contributed by atoms with Crippen molar-refractivity contribution in [1.29, 1.82) is 0 Å². The monoisotopic (exact) mass is 429 g/mol. The van der Waals surface area contributed by atoms with Crippen LogP contribution in [-0.2, 0) is 24.1 Å².